The van der Waals surface area contributed by atoms with Crippen LogP contribution in [0.4, 0.5) is 0 Å². The zero-order valence-electron chi connectivity index (χ0n) is 13.1. The maximum Gasteiger partial charge on any atom is 0.229 e. The molecule has 2 N–H and O–H groups in total. The number of hydrogen-bond donors (Lipinski definition) is 2. The monoisotopic (exact) mass is 303 g/mol. The van der Waals surface area contributed by atoms with E-state index < -0.39 is 0 Å². The Morgan fingerprint density at radius 3 is 2.36 bits per heavy atom. The van der Waals surface area contributed by atoms with Crippen LogP contribution in [0.5, 0.6) is 5.75 Å². The molecule has 5 heteroatoms. The van der Waals surface area contributed by atoms with Crippen molar-refractivity contribution in [2.75, 3.05) is 0 Å². The van der Waals surface area contributed by atoms with Gasteiger partial charge in [-0.1, -0.05) is 19.1 Å². The molecule has 118 valence electrons. The third-order valence-corrected chi connectivity index (χ3v) is 3.36. The molecule has 1 aromatic rings. The maximum absolute atomic E-state index is 11.2. The largest absolute Gasteiger partial charge is 0.508 e. The van der Waals surface area contributed by atoms with Crippen molar-refractivity contribution in [1.29, 1.82) is 0 Å². The summed E-state index contributed by atoms with van der Waals surface area (Å²) < 4.78 is 0. The smallest absolute Gasteiger partial charge is 0.229 e. The number of aromatic hydroxyl groups is 1. The van der Waals surface area contributed by atoms with E-state index in [1.165, 1.54) is 13.0 Å². The second-order valence-electron chi connectivity index (χ2n) is 5.42. The number of carbonyl (C=O) groups is 3. The molecule has 0 radical (unpaired) electrons. The number of Topliss-reactive ketones (excluding diaryl/α,β-unsaturated/α-hetero) is 1. The van der Waals surface area contributed by atoms with Gasteiger partial charge >= 0.3 is 0 Å². The first-order chi connectivity index (χ1) is 10.2. The van der Waals surface area contributed by atoms with Gasteiger partial charge in [0, 0.05) is 17.9 Å². The van der Waals surface area contributed by atoms with Gasteiger partial charge in [0.2, 0.25) is 11.8 Å². The minimum absolute atomic E-state index is 0.0157. The summed E-state index contributed by atoms with van der Waals surface area (Å²) in [5, 5.41) is 11.5. The lowest BCUT2D eigenvalue weighted by Crippen LogP contribution is -2.39. The van der Waals surface area contributed by atoms with E-state index >= 15 is 0 Å². The van der Waals surface area contributed by atoms with Crippen molar-refractivity contribution in [3.63, 3.8) is 0 Å². The van der Waals surface area contributed by atoms with E-state index in [0.717, 1.165) is 5.57 Å². The molecule has 22 heavy (non-hydrogen) atoms. The van der Waals surface area contributed by atoms with E-state index in [-0.39, 0.29) is 29.3 Å². The summed E-state index contributed by atoms with van der Waals surface area (Å²) in [6, 6.07) is 4.67. The highest BCUT2D eigenvalue weighted by molar-refractivity contribution is 5.99. The van der Waals surface area contributed by atoms with E-state index in [4.69, 9.17) is 0 Å². The summed E-state index contributed by atoms with van der Waals surface area (Å²) in [6.07, 6.45) is 1.19. The van der Waals surface area contributed by atoms with Crippen LogP contribution in [-0.2, 0) is 9.59 Å². The molecule has 1 saturated heterocycles. The number of amides is 2. The topological polar surface area (TPSA) is 83.5 Å². The van der Waals surface area contributed by atoms with E-state index in [2.05, 4.69) is 11.9 Å². The summed E-state index contributed by atoms with van der Waals surface area (Å²) in [6.45, 7) is 8.87. The van der Waals surface area contributed by atoms with Gasteiger partial charge in [-0.05, 0) is 44.0 Å². The van der Waals surface area contributed by atoms with Crippen LogP contribution in [-0.4, -0.2) is 22.7 Å². The Balaban J connectivity index is 0.000000235. The zero-order valence-corrected chi connectivity index (χ0v) is 13.1. The lowest BCUT2D eigenvalue weighted by atomic mass is 9.99. The van der Waals surface area contributed by atoms with Crippen molar-refractivity contribution in [1.82, 2.24) is 5.32 Å². The summed E-state index contributed by atoms with van der Waals surface area (Å²) >= 11 is 0. The third kappa shape index (κ3) is 4.84. The van der Waals surface area contributed by atoms with Gasteiger partial charge in [-0.2, -0.15) is 0 Å². The molecule has 2 rings (SSSR count). The molecule has 0 bridgehead atoms. The predicted octanol–water partition coefficient (Wildman–Crippen LogP) is 2.69. The molecular weight excluding hydrogens is 282 g/mol. The Bertz CT molecular complexity index is 619. The molecule has 2 amide bonds. The predicted molar refractivity (Wildman–Crippen MR) is 84.4 cm³/mol. The van der Waals surface area contributed by atoms with Crippen molar-refractivity contribution in [3.8, 4) is 5.75 Å². The first-order valence-electron chi connectivity index (χ1n) is 7.06. The quantitative estimate of drug-likeness (QED) is 0.650. The molecule has 1 aliphatic rings. The molecule has 1 unspecified atom stereocenters. The molecule has 0 saturated carbocycles. The SMILES string of the molecule is C=C(C)c1cc(O)ccc1C(C)=O.CC1CCC(=O)NC1=O. The first-order valence-corrected chi connectivity index (χ1v) is 7.06. The number of ketones is 1. The second-order valence-corrected chi connectivity index (χ2v) is 5.42. The molecule has 0 aliphatic carbocycles. The minimum Gasteiger partial charge on any atom is -0.508 e. The fraction of sp³-hybridized carbons (Fsp3) is 0.353. The van der Waals surface area contributed by atoms with Gasteiger partial charge < -0.3 is 5.11 Å². The summed E-state index contributed by atoms with van der Waals surface area (Å²) in [7, 11) is 0. The van der Waals surface area contributed by atoms with Crippen LogP contribution in [0.1, 0.15) is 49.5 Å². The number of nitrogens with one attached hydrogen (secondary N) is 1. The molecule has 5 nitrogen and oxygen atoms in total. The number of rotatable bonds is 2. The van der Waals surface area contributed by atoms with Crippen molar-refractivity contribution in [2.24, 2.45) is 5.92 Å². The third-order valence-electron chi connectivity index (χ3n) is 3.36. The van der Waals surface area contributed by atoms with Gasteiger partial charge in [0.05, 0.1) is 0 Å². The molecule has 0 spiro atoms. The van der Waals surface area contributed by atoms with Crippen LogP contribution in [0, 0.1) is 5.92 Å². The van der Waals surface area contributed by atoms with Gasteiger partial charge in [-0.15, -0.1) is 0 Å². The van der Waals surface area contributed by atoms with Crippen LogP contribution in [0.15, 0.2) is 24.8 Å². The van der Waals surface area contributed by atoms with Crippen LogP contribution < -0.4 is 5.32 Å². The highest BCUT2D eigenvalue weighted by Crippen LogP contribution is 2.22. The van der Waals surface area contributed by atoms with E-state index in [1.54, 1.807) is 19.1 Å². The highest BCUT2D eigenvalue weighted by Gasteiger charge is 2.21. The number of phenolic OH excluding ortho intramolecular Hbond substituents is 1. The first kappa shape index (κ1) is 17.6. The second kappa shape index (κ2) is 7.54. The molecule has 0 aromatic heterocycles. The average molecular weight is 303 g/mol. The van der Waals surface area contributed by atoms with Crippen molar-refractivity contribution in [2.45, 2.75) is 33.6 Å². The number of phenols is 1. The van der Waals surface area contributed by atoms with Gasteiger partial charge in [0.15, 0.2) is 5.78 Å². The Labute approximate surface area is 130 Å². The van der Waals surface area contributed by atoms with Gasteiger partial charge in [-0.3, -0.25) is 19.7 Å². The molecule has 1 fully saturated rings. The Morgan fingerprint density at radius 2 is 1.91 bits per heavy atom. The number of piperidine rings is 1. The normalized spacial score (nSPS) is 17.1. The van der Waals surface area contributed by atoms with Crippen LogP contribution in [0.3, 0.4) is 0 Å². The van der Waals surface area contributed by atoms with Crippen LogP contribution in [0.25, 0.3) is 5.57 Å². The Kier molecular flexibility index (Phi) is 6.04. The highest BCUT2D eigenvalue weighted by atomic mass is 16.3. The zero-order chi connectivity index (χ0) is 16.9. The molecule has 1 aliphatic heterocycles. The van der Waals surface area contributed by atoms with E-state index in [1.807, 2.05) is 6.92 Å². The summed E-state index contributed by atoms with van der Waals surface area (Å²) in [5.74, 6) is -0.118. The average Bonchev–Trinajstić information content (AvgIpc) is 2.43. The number of carbonyl (C=O) groups excluding carboxylic acids is 3. The number of imide groups is 1. The van der Waals surface area contributed by atoms with E-state index in [0.29, 0.717) is 24.0 Å². The number of allylic oxidation sites excluding steroid dienone is 1. The van der Waals surface area contributed by atoms with Crippen LogP contribution in [0.2, 0.25) is 0 Å². The lowest BCUT2D eigenvalue weighted by Gasteiger charge is -2.15. The van der Waals surface area contributed by atoms with Gasteiger partial charge in [-0.25, -0.2) is 0 Å². The van der Waals surface area contributed by atoms with Gasteiger partial charge in [0.1, 0.15) is 5.75 Å². The van der Waals surface area contributed by atoms with Crippen molar-refractivity contribution >= 4 is 23.2 Å². The number of benzene rings is 1. The Morgan fingerprint density at radius 1 is 1.27 bits per heavy atom. The minimum atomic E-state index is -0.141. The van der Waals surface area contributed by atoms with Gasteiger partial charge in [0.25, 0.3) is 0 Å². The van der Waals surface area contributed by atoms with E-state index in [9.17, 15) is 19.5 Å². The lowest BCUT2D eigenvalue weighted by molar-refractivity contribution is -0.135. The molecule has 1 aromatic carbocycles. The Hall–Kier alpha value is -2.43. The summed E-state index contributed by atoms with van der Waals surface area (Å²) in [4.78, 5) is 32.3. The maximum atomic E-state index is 11.2. The standard InChI is InChI=1S/C11H12O2.C6H9NO2/c1-7(2)11-6-9(13)4-5-10(11)8(3)12;1-4-2-3-5(8)7-6(4)9/h4-6,13H,1H2,2-3H3;4H,2-3H2,1H3,(H,7,8,9). The van der Waals surface area contributed by atoms with Crippen molar-refractivity contribution < 1.29 is 19.5 Å². The van der Waals surface area contributed by atoms with Crippen molar-refractivity contribution in [3.05, 3.63) is 35.9 Å². The molecule has 1 heterocycles. The fourth-order valence-electron chi connectivity index (χ4n) is 1.99. The molecule has 1 atom stereocenters. The molecular formula is C17H21NO4. The number of hydrogen-bond acceptors (Lipinski definition) is 4. The summed E-state index contributed by atoms with van der Waals surface area (Å²) in [5.41, 5.74) is 2.10. The fourth-order valence-corrected chi connectivity index (χ4v) is 1.99. The van der Waals surface area contributed by atoms with Crippen LogP contribution >= 0.6 is 0 Å².